The van der Waals surface area contributed by atoms with Gasteiger partial charge in [-0.15, -0.1) is 0 Å². The average Bonchev–Trinajstić information content (AvgIpc) is 2.74. The molecule has 0 aliphatic rings. The molecule has 0 saturated heterocycles. The standard InChI is InChI=1S/C25H48O5/c1-3-5-6-7-8-9-10-11-12-13-14-15-16-17-18-20-25(28)30-23(21-26)22-29-24(27)19-4-2/h23,26H,3-22H2,1-2H3. The first-order chi connectivity index (χ1) is 14.6. The molecule has 0 spiro atoms. The van der Waals surface area contributed by atoms with Crippen LogP contribution in [0.5, 0.6) is 0 Å². The highest BCUT2D eigenvalue weighted by molar-refractivity contribution is 5.70. The van der Waals surface area contributed by atoms with Gasteiger partial charge in [-0.05, 0) is 12.8 Å². The van der Waals surface area contributed by atoms with Crippen LogP contribution in [0.4, 0.5) is 0 Å². The maximum absolute atomic E-state index is 11.8. The van der Waals surface area contributed by atoms with Gasteiger partial charge in [-0.25, -0.2) is 0 Å². The molecule has 0 heterocycles. The number of hydrogen-bond acceptors (Lipinski definition) is 5. The van der Waals surface area contributed by atoms with E-state index in [2.05, 4.69) is 6.92 Å². The summed E-state index contributed by atoms with van der Waals surface area (Å²) in [5.74, 6) is -0.648. The molecule has 1 N–H and O–H groups in total. The topological polar surface area (TPSA) is 72.8 Å². The smallest absolute Gasteiger partial charge is 0.306 e. The Labute approximate surface area is 185 Å². The van der Waals surface area contributed by atoms with E-state index in [9.17, 15) is 14.7 Å². The molecule has 0 rings (SSSR count). The second-order valence-corrected chi connectivity index (χ2v) is 8.43. The largest absolute Gasteiger partial charge is 0.462 e. The lowest BCUT2D eigenvalue weighted by Crippen LogP contribution is -2.28. The van der Waals surface area contributed by atoms with Crippen molar-refractivity contribution in [2.24, 2.45) is 0 Å². The minimum absolute atomic E-state index is 0.0695. The molecular formula is C25H48O5. The van der Waals surface area contributed by atoms with E-state index in [0.29, 0.717) is 19.3 Å². The number of carbonyl (C=O) groups excluding carboxylic acids is 2. The van der Waals surface area contributed by atoms with Gasteiger partial charge in [-0.2, -0.15) is 0 Å². The number of hydrogen-bond donors (Lipinski definition) is 1. The van der Waals surface area contributed by atoms with Crippen LogP contribution in [0.15, 0.2) is 0 Å². The summed E-state index contributed by atoms with van der Waals surface area (Å²) in [5.41, 5.74) is 0. The summed E-state index contributed by atoms with van der Waals surface area (Å²) in [6, 6.07) is 0. The van der Waals surface area contributed by atoms with Gasteiger partial charge in [0.25, 0.3) is 0 Å². The maximum atomic E-state index is 11.8. The lowest BCUT2D eigenvalue weighted by molar-refractivity contribution is -0.161. The van der Waals surface area contributed by atoms with Gasteiger partial charge in [-0.3, -0.25) is 9.59 Å². The Balaban J connectivity index is 3.42. The number of aliphatic hydroxyl groups is 1. The van der Waals surface area contributed by atoms with E-state index in [-0.39, 0.29) is 25.2 Å². The molecule has 0 aromatic rings. The molecule has 0 aromatic heterocycles. The van der Waals surface area contributed by atoms with Crippen molar-refractivity contribution in [2.45, 2.75) is 136 Å². The van der Waals surface area contributed by atoms with E-state index in [1.165, 1.54) is 77.0 Å². The first kappa shape index (κ1) is 28.9. The van der Waals surface area contributed by atoms with Crippen LogP contribution in [0, 0.1) is 0 Å². The predicted octanol–water partition coefficient (Wildman–Crippen LogP) is 6.50. The van der Waals surface area contributed by atoms with Gasteiger partial charge in [0, 0.05) is 12.8 Å². The molecule has 5 nitrogen and oxygen atoms in total. The van der Waals surface area contributed by atoms with Gasteiger partial charge in [0.1, 0.15) is 6.61 Å². The number of carbonyl (C=O) groups is 2. The Morgan fingerprint density at radius 1 is 0.633 bits per heavy atom. The molecule has 0 bridgehead atoms. The van der Waals surface area contributed by atoms with Gasteiger partial charge >= 0.3 is 11.9 Å². The average molecular weight is 429 g/mol. The van der Waals surface area contributed by atoms with Crippen LogP contribution in [-0.2, 0) is 19.1 Å². The molecule has 0 saturated carbocycles. The van der Waals surface area contributed by atoms with Crippen molar-refractivity contribution in [1.82, 2.24) is 0 Å². The zero-order valence-electron chi connectivity index (χ0n) is 19.8. The Morgan fingerprint density at radius 3 is 1.53 bits per heavy atom. The third-order valence-electron chi connectivity index (χ3n) is 5.37. The van der Waals surface area contributed by atoms with E-state index < -0.39 is 6.10 Å². The highest BCUT2D eigenvalue weighted by Crippen LogP contribution is 2.14. The molecule has 1 unspecified atom stereocenters. The fourth-order valence-corrected chi connectivity index (χ4v) is 3.47. The maximum Gasteiger partial charge on any atom is 0.306 e. The first-order valence-electron chi connectivity index (χ1n) is 12.6. The van der Waals surface area contributed by atoms with Crippen LogP contribution < -0.4 is 0 Å². The highest BCUT2D eigenvalue weighted by atomic mass is 16.6. The monoisotopic (exact) mass is 428 g/mol. The molecule has 0 aromatic carbocycles. The minimum atomic E-state index is -0.755. The van der Waals surface area contributed by atoms with Crippen molar-refractivity contribution in [3.05, 3.63) is 0 Å². The van der Waals surface area contributed by atoms with Crippen molar-refractivity contribution in [1.29, 1.82) is 0 Å². The molecular weight excluding hydrogens is 380 g/mol. The van der Waals surface area contributed by atoms with E-state index in [0.717, 1.165) is 19.3 Å². The zero-order valence-corrected chi connectivity index (χ0v) is 19.8. The number of ether oxygens (including phenoxy) is 2. The third-order valence-corrected chi connectivity index (χ3v) is 5.37. The Hall–Kier alpha value is -1.10. The lowest BCUT2D eigenvalue weighted by atomic mass is 10.0. The molecule has 0 aliphatic heterocycles. The van der Waals surface area contributed by atoms with Gasteiger partial charge in [0.15, 0.2) is 6.10 Å². The van der Waals surface area contributed by atoms with Crippen molar-refractivity contribution in [3.63, 3.8) is 0 Å². The Morgan fingerprint density at radius 2 is 1.10 bits per heavy atom. The van der Waals surface area contributed by atoms with Crippen LogP contribution in [0.3, 0.4) is 0 Å². The molecule has 0 fully saturated rings. The fourth-order valence-electron chi connectivity index (χ4n) is 3.47. The van der Waals surface area contributed by atoms with Crippen LogP contribution >= 0.6 is 0 Å². The number of unbranched alkanes of at least 4 members (excludes halogenated alkanes) is 14. The second kappa shape index (κ2) is 22.6. The van der Waals surface area contributed by atoms with Crippen LogP contribution in [0.25, 0.3) is 0 Å². The van der Waals surface area contributed by atoms with Crippen LogP contribution in [0.1, 0.15) is 129 Å². The third kappa shape index (κ3) is 20.2. The molecule has 0 amide bonds. The van der Waals surface area contributed by atoms with Crippen molar-refractivity contribution < 1.29 is 24.2 Å². The van der Waals surface area contributed by atoms with E-state index in [4.69, 9.17) is 9.47 Å². The zero-order chi connectivity index (χ0) is 22.3. The van der Waals surface area contributed by atoms with Crippen molar-refractivity contribution in [2.75, 3.05) is 13.2 Å². The Bertz CT molecular complexity index is 397. The summed E-state index contributed by atoms with van der Waals surface area (Å²) in [6.07, 6.45) is 20.0. The molecule has 178 valence electrons. The molecule has 1 atom stereocenters. The quantitative estimate of drug-likeness (QED) is 0.157. The molecule has 0 aliphatic carbocycles. The summed E-state index contributed by atoms with van der Waals surface area (Å²) in [7, 11) is 0. The van der Waals surface area contributed by atoms with Crippen molar-refractivity contribution in [3.8, 4) is 0 Å². The minimum Gasteiger partial charge on any atom is -0.462 e. The Kier molecular flexibility index (Phi) is 21.8. The lowest BCUT2D eigenvalue weighted by Gasteiger charge is -2.15. The SMILES string of the molecule is CCCCCCCCCCCCCCCCCC(=O)OC(CO)COC(=O)CCC. The summed E-state index contributed by atoms with van der Waals surface area (Å²) < 4.78 is 10.2. The normalized spacial score (nSPS) is 12.0. The first-order valence-corrected chi connectivity index (χ1v) is 12.6. The van der Waals surface area contributed by atoms with Crippen molar-refractivity contribution >= 4 is 11.9 Å². The van der Waals surface area contributed by atoms with Gasteiger partial charge in [0.05, 0.1) is 6.61 Å². The predicted molar refractivity (Wildman–Crippen MR) is 122 cm³/mol. The molecule has 0 radical (unpaired) electrons. The van der Waals surface area contributed by atoms with Gasteiger partial charge in [0.2, 0.25) is 0 Å². The van der Waals surface area contributed by atoms with E-state index in [1.54, 1.807) is 0 Å². The number of rotatable bonds is 22. The fraction of sp³-hybridized carbons (Fsp3) is 0.920. The van der Waals surface area contributed by atoms with Crippen LogP contribution in [-0.4, -0.2) is 36.4 Å². The van der Waals surface area contributed by atoms with E-state index >= 15 is 0 Å². The van der Waals surface area contributed by atoms with Gasteiger partial charge < -0.3 is 14.6 Å². The summed E-state index contributed by atoms with van der Waals surface area (Å²) >= 11 is 0. The summed E-state index contributed by atoms with van der Waals surface area (Å²) in [4.78, 5) is 23.2. The molecule has 5 heteroatoms. The van der Waals surface area contributed by atoms with Gasteiger partial charge in [-0.1, -0.05) is 104 Å². The summed E-state index contributed by atoms with van der Waals surface area (Å²) in [5, 5.41) is 9.25. The van der Waals surface area contributed by atoms with E-state index in [1.807, 2.05) is 6.92 Å². The molecule has 30 heavy (non-hydrogen) atoms. The number of aliphatic hydroxyl groups excluding tert-OH is 1. The summed E-state index contributed by atoms with van der Waals surface area (Å²) in [6.45, 7) is 3.76. The number of esters is 2. The van der Waals surface area contributed by atoms with Crippen LogP contribution in [0.2, 0.25) is 0 Å². The highest BCUT2D eigenvalue weighted by Gasteiger charge is 2.15. The second-order valence-electron chi connectivity index (χ2n) is 8.43.